The lowest BCUT2D eigenvalue weighted by molar-refractivity contribution is -0.145. The van der Waals surface area contributed by atoms with Gasteiger partial charge in [0, 0.05) is 5.39 Å². The van der Waals surface area contributed by atoms with Gasteiger partial charge in [0.2, 0.25) is 0 Å². The minimum absolute atomic E-state index is 0.260. The van der Waals surface area contributed by atoms with Crippen LogP contribution < -0.4 is 4.74 Å². The number of carbonyl (C=O) groups is 2. The van der Waals surface area contributed by atoms with Crippen molar-refractivity contribution in [3.8, 4) is 5.75 Å². The second-order valence-electron chi connectivity index (χ2n) is 5.98. The van der Waals surface area contributed by atoms with Crippen molar-refractivity contribution in [3.63, 3.8) is 0 Å². The van der Waals surface area contributed by atoms with E-state index in [1.165, 1.54) is 16.7 Å². The maximum atomic E-state index is 12.8. The number of methoxy groups -OCH3 is 1. The third-order valence-corrected chi connectivity index (χ3v) is 6.19. The molecule has 6 nitrogen and oxygen atoms in total. The monoisotopic (exact) mass is 434 g/mol. The van der Waals surface area contributed by atoms with Gasteiger partial charge in [0.05, 0.1) is 23.2 Å². The zero-order chi connectivity index (χ0) is 20.3. The summed E-state index contributed by atoms with van der Waals surface area (Å²) >= 11 is 7.92. The molecule has 0 spiro atoms. The number of pyridine rings is 1. The topological polar surface area (TPSA) is 79.7 Å². The number of aromatic nitrogens is 1. The van der Waals surface area contributed by atoms with E-state index < -0.39 is 12.0 Å². The molecule has 28 heavy (non-hydrogen) atoms. The summed E-state index contributed by atoms with van der Waals surface area (Å²) < 4.78 is 5.47. The van der Waals surface area contributed by atoms with Crippen LogP contribution in [0.1, 0.15) is 12.1 Å². The molecule has 1 amide bonds. The Morgan fingerprint density at radius 1 is 1.43 bits per heavy atom. The molecular formula is C19H18N2O4S3. The first kappa shape index (κ1) is 20.6. The summed E-state index contributed by atoms with van der Waals surface area (Å²) in [6.45, 7) is 0. The highest BCUT2D eigenvalue weighted by atomic mass is 32.2. The van der Waals surface area contributed by atoms with Gasteiger partial charge in [0.1, 0.15) is 16.1 Å². The first-order valence-electron chi connectivity index (χ1n) is 8.38. The fourth-order valence-corrected chi connectivity index (χ4v) is 4.60. The van der Waals surface area contributed by atoms with Crippen LogP contribution in [0.3, 0.4) is 0 Å². The van der Waals surface area contributed by atoms with Crippen LogP contribution in [-0.4, -0.2) is 56.3 Å². The molecule has 146 valence electrons. The maximum Gasteiger partial charge on any atom is 0.326 e. The second kappa shape index (κ2) is 8.93. The largest absolute Gasteiger partial charge is 0.497 e. The molecule has 1 aliphatic heterocycles. The molecule has 1 N–H and O–H groups in total. The summed E-state index contributed by atoms with van der Waals surface area (Å²) in [6.07, 6.45) is 3.88. The number of rotatable bonds is 7. The van der Waals surface area contributed by atoms with Crippen LogP contribution in [0.2, 0.25) is 0 Å². The third kappa shape index (κ3) is 4.31. The lowest BCUT2D eigenvalue weighted by atomic mass is 10.1. The Morgan fingerprint density at radius 3 is 2.89 bits per heavy atom. The van der Waals surface area contributed by atoms with E-state index in [1.54, 1.807) is 19.3 Å². The first-order chi connectivity index (χ1) is 13.4. The van der Waals surface area contributed by atoms with Crippen molar-refractivity contribution < 1.29 is 19.4 Å². The minimum atomic E-state index is -1.05. The quantitative estimate of drug-likeness (QED) is 0.523. The molecule has 1 aromatic heterocycles. The molecule has 2 aromatic rings. The van der Waals surface area contributed by atoms with Crippen LogP contribution in [0.4, 0.5) is 0 Å². The number of hydrogen-bond donors (Lipinski definition) is 1. The molecule has 1 saturated heterocycles. The molecule has 1 aromatic carbocycles. The van der Waals surface area contributed by atoms with Crippen molar-refractivity contribution in [1.82, 2.24) is 9.88 Å². The molecule has 3 rings (SSSR count). The predicted octanol–water partition coefficient (Wildman–Crippen LogP) is 3.65. The Labute approximate surface area is 176 Å². The fourth-order valence-electron chi connectivity index (χ4n) is 2.80. The van der Waals surface area contributed by atoms with E-state index in [-0.39, 0.29) is 10.2 Å². The average molecular weight is 435 g/mol. The van der Waals surface area contributed by atoms with Gasteiger partial charge in [-0.25, -0.2) is 9.78 Å². The maximum absolute atomic E-state index is 12.8. The van der Waals surface area contributed by atoms with E-state index in [4.69, 9.17) is 17.0 Å². The molecule has 1 fully saturated rings. The number of aliphatic carboxylic acids is 1. The van der Waals surface area contributed by atoms with E-state index in [0.717, 1.165) is 28.4 Å². The van der Waals surface area contributed by atoms with Crippen LogP contribution in [-0.2, 0) is 9.59 Å². The van der Waals surface area contributed by atoms with Crippen molar-refractivity contribution in [3.05, 3.63) is 40.9 Å². The molecule has 0 aliphatic carbocycles. The van der Waals surface area contributed by atoms with E-state index in [9.17, 15) is 14.7 Å². The Balaban J connectivity index is 1.88. The van der Waals surface area contributed by atoms with Gasteiger partial charge in [-0.3, -0.25) is 9.69 Å². The first-order valence-corrected chi connectivity index (χ1v) is 11.0. The van der Waals surface area contributed by atoms with Crippen molar-refractivity contribution >= 4 is 68.9 Å². The smallest absolute Gasteiger partial charge is 0.326 e. The highest BCUT2D eigenvalue weighted by Crippen LogP contribution is 2.35. The molecule has 0 bridgehead atoms. The van der Waals surface area contributed by atoms with E-state index in [2.05, 4.69) is 4.98 Å². The number of hydrogen-bond acceptors (Lipinski definition) is 7. The minimum Gasteiger partial charge on any atom is -0.497 e. The molecule has 1 atom stereocenters. The number of thiocarbonyl (C=S) groups is 1. The van der Waals surface area contributed by atoms with E-state index >= 15 is 0 Å². The number of fused-ring (bicyclic) bond motifs is 1. The predicted molar refractivity (Wildman–Crippen MR) is 118 cm³/mol. The van der Waals surface area contributed by atoms with Gasteiger partial charge < -0.3 is 9.84 Å². The zero-order valence-corrected chi connectivity index (χ0v) is 17.7. The normalized spacial score (nSPS) is 16.8. The number of ether oxygens (including phenoxy) is 1. The van der Waals surface area contributed by atoms with Gasteiger partial charge in [0.25, 0.3) is 5.91 Å². The van der Waals surface area contributed by atoms with Crippen molar-refractivity contribution in [1.29, 1.82) is 0 Å². The van der Waals surface area contributed by atoms with Gasteiger partial charge in [-0.1, -0.05) is 30.0 Å². The lowest BCUT2D eigenvalue weighted by Crippen LogP contribution is -2.44. The Bertz CT molecular complexity index is 977. The summed E-state index contributed by atoms with van der Waals surface area (Å²) in [4.78, 5) is 30.6. The molecule has 9 heteroatoms. The molecule has 1 unspecified atom stereocenters. The van der Waals surface area contributed by atoms with Crippen molar-refractivity contribution in [2.24, 2.45) is 0 Å². The average Bonchev–Trinajstić information content (AvgIpc) is 2.95. The van der Waals surface area contributed by atoms with Crippen LogP contribution >= 0.6 is 35.7 Å². The van der Waals surface area contributed by atoms with E-state index in [0.29, 0.717) is 22.8 Å². The number of carbonyl (C=O) groups excluding carboxylic acids is 1. The van der Waals surface area contributed by atoms with Crippen LogP contribution in [0, 0.1) is 0 Å². The molecular weight excluding hydrogens is 416 g/mol. The Morgan fingerprint density at radius 2 is 2.21 bits per heavy atom. The fraction of sp³-hybridized carbons (Fsp3) is 0.263. The van der Waals surface area contributed by atoms with Gasteiger partial charge in [-0.2, -0.15) is 11.8 Å². The van der Waals surface area contributed by atoms with Gasteiger partial charge >= 0.3 is 5.97 Å². The summed E-state index contributed by atoms with van der Waals surface area (Å²) in [5.74, 6) is -0.0691. The molecule has 0 radical (unpaired) electrons. The summed E-state index contributed by atoms with van der Waals surface area (Å²) in [5, 5.41) is 10.4. The summed E-state index contributed by atoms with van der Waals surface area (Å²) in [6, 6.07) is 8.30. The highest BCUT2D eigenvalue weighted by Gasteiger charge is 2.40. The molecule has 2 heterocycles. The van der Waals surface area contributed by atoms with Crippen LogP contribution in [0.5, 0.6) is 5.75 Å². The number of nitrogens with zero attached hydrogens (tertiary/aromatic N) is 2. The number of carboxylic acid groups (broad SMARTS) is 1. The third-order valence-electron chi connectivity index (χ3n) is 4.21. The molecule has 0 saturated carbocycles. The van der Waals surface area contributed by atoms with Gasteiger partial charge in [-0.05, 0) is 48.8 Å². The van der Waals surface area contributed by atoms with Crippen molar-refractivity contribution in [2.45, 2.75) is 12.5 Å². The Hall–Kier alpha value is -2.10. The number of amides is 1. The lowest BCUT2D eigenvalue weighted by Gasteiger charge is -2.22. The second-order valence-corrected chi connectivity index (χ2v) is 8.64. The van der Waals surface area contributed by atoms with Crippen LogP contribution in [0.25, 0.3) is 17.0 Å². The summed E-state index contributed by atoms with van der Waals surface area (Å²) in [7, 11) is 1.61. The SMILES string of the molecule is COc1ccc2nc(C=C3SC(=S)N(C(CCSC)C(=O)O)C3=O)ccc2c1. The zero-order valence-electron chi connectivity index (χ0n) is 15.2. The van der Waals surface area contributed by atoms with Crippen molar-refractivity contribution in [2.75, 3.05) is 19.1 Å². The Kier molecular flexibility index (Phi) is 6.58. The van der Waals surface area contributed by atoms with Gasteiger partial charge in [0.15, 0.2) is 0 Å². The number of benzene rings is 1. The standard InChI is InChI=1S/C19H18N2O4S3/c1-25-13-5-6-14-11(9-13)3-4-12(20-14)10-16-17(22)21(19(26)28-16)15(18(23)24)7-8-27-2/h3-6,9-10,15H,7-8H2,1-2H3,(H,23,24). The highest BCUT2D eigenvalue weighted by molar-refractivity contribution is 8.26. The number of thioether (sulfide) groups is 2. The van der Waals surface area contributed by atoms with E-state index in [1.807, 2.05) is 30.5 Å². The molecule has 1 aliphatic rings. The summed E-state index contributed by atoms with van der Waals surface area (Å²) in [5.41, 5.74) is 1.38. The van der Waals surface area contributed by atoms with Gasteiger partial charge in [-0.15, -0.1) is 0 Å². The van der Waals surface area contributed by atoms with Crippen LogP contribution in [0.15, 0.2) is 35.2 Å². The number of carboxylic acids is 1.